The molecule has 5 heteroatoms. The number of alkyl halides is 1. The summed E-state index contributed by atoms with van der Waals surface area (Å²) in [5, 5.41) is 3.51. The number of rotatable bonds is 7. The van der Waals surface area contributed by atoms with Gasteiger partial charge in [0.2, 0.25) is 0 Å². The molecule has 1 N–H and O–H groups in total. The molecule has 4 nitrogen and oxygen atoms in total. The number of halogens is 1. The Kier molecular flexibility index (Phi) is 6.12. The summed E-state index contributed by atoms with van der Waals surface area (Å²) in [6, 6.07) is 1.81. The molecule has 118 valence electrons. The Labute approximate surface area is 132 Å². The lowest BCUT2D eigenvalue weighted by atomic mass is 9.75. The third-order valence-electron chi connectivity index (χ3n) is 4.36. The quantitative estimate of drug-likeness (QED) is 0.784. The molecular weight excluding hydrogens is 288 g/mol. The predicted octanol–water partition coefficient (Wildman–Crippen LogP) is 3.38. The van der Waals surface area contributed by atoms with E-state index < -0.39 is 0 Å². The summed E-state index contributed by atoms with van der Waals surface area (Å²) in [5.74, 6) is 2.15. The van der Waals surface area contributed by atoms with Crippen molar-refractivity contribution in [1.29, 1.82) is 0 Å². The van der Waals surface area contributed by atoms with Crippen LogP contribution in [0.5, 0.6) is 11.5 Å². The van der Waals surface area contributed by atoms with Crippen molar-refractivity contribution >= 4 is 11.6 Å². The topological polar surface area (TPSA) is 43.4 Å². The van der Waals surface area contributed by atoms with Gasteiger partial charge in [-0.2, -0.15) is 0 Å². The molecule has 0 aliphatic heterocycles. The van der Waals surface area contributed by atoms with Crippen LogP contribution in [-0.4, -0.2) is 31.6 Å². The fourth-order valence-corrected chi connectivity index (χ4v) is 3.44. The molecule has 0 amide bonds. The molecule has 1 aliphatic rings. The van der Waals surface area contributed by atoms with E-state index >= 15 is 0 Å². The highest BCUT2D eigenvalue weighted by Crippen LogP contribution is 2.37. The fraction of sp³-hybridized carbons (Fsp3) is 0.688. The summed E-state index contributed by atoms with van der Waals surface area (Å²) in [7, 11) is 3.28. The largest absolute Gasteiger partial charge is 0.493 e. The number of aromatic nitrogens is 1. The van der Waals surface area contributed by atoms with Crippen LogP contribution in [0.3, 0.4) is 0 Å². The van der Waals surface area contributed by atoms with Crippen molar-refractivity contribution in [2.24, 2.45) is 5.41 Å². The summed E-state index contributed by atoms with van der Waals surface area (Å²) in [6.45, 7) is 1.59. The molecule has 0 radical (unpaired) electrons. The maximum atomic E-state index is 6.22. The summed E-state index contributed by atoms with van der Waals surface area (Å²) < 4.78 is 10.7. The molecule has 21 heavy (non-hydrogen) atoms. The van der Waals surface area contributed by atoms with Crippen LogP contribution in [0.2, 0.25) is 0 Å². The highest BCUT2D eigenvalue weighted by atomic mass is 35.5. The SMILES string of the molecule is COc1ccnc(CNCC2(CCl)CCCCC2)c1OC. The number of nitrogens with zero attached hydrogens (tertiary/aromatic N) is 1. The molecule has 2 rings (SSSR count). The van der Waals surface area contributed by atoms with Crippen molar-refractivity contribution in [3.8, 4) is 11.5 Å². The van der Waals surface area contributed by atoms with Crippen LogP contribution in [0, 0.1) is 5.41 Å². The van der Waals surface area contributed by atoms with Gasteiger partial charge in [-0.05, 0) is 18.3 Å². The zero-order valence-corrected chi connectivity index (χ0v) is 13.7. The number of hydrogen-bond acceptors (Lipinski definition) is 4. The third kappa shape index (κ3) is 4.01. The van der Waals surface area contributed by atoms with E-state index in [0.29, 0.717) is 18.0 Å². The van der Waals surface area contributed by atoms with Gasteiger partial charge in [0.15, 0.2) is 11.5 Å². The van der Waals surface area contributed by atoms with E-state index in [1.807, 2.05) is 6.07 Å². The van der Waals surface area contributed by atoms with Gasteiger partial charge in [-0.1, -0.05) is 19.3 Å². The normalized spacial score (nSPS) is 17.5. The smallest absolute Gasteiger partial charge is 0.183 e. The highest BCUT2D eigenvalue weighted by Gasteiger charge is 2.30. The second kappa shape index (κ2) is 7.85. The van der Waals surface area contributed by atoms with Crippen LogP contribution in [0.15, 0.2) is 12.3 Å². The van der Waals surface area contributed by atoms with Crippen LogP contribution in [0.25, 0.3) is 0 Å². The number of methoxy groups -OCH3 is 2. The lowest BCUT2D eigenvalue weighted by molar-refractivity contribution is 0.211. The van der Waals surface area contributed by atoms with E-state index in [0.717, 1.165) is 18.1 Å². The second-order valence-electron chi connectivity index (χ2n) is 5.79. The fourth-order valence-electron chi connectivity index (χ4n) is 3.08. The second-order valence-corrected chi connectivity index (χ2v) is 6.06. The Balaban J connectivity index is 1.96. The first-order valence-corrected chi connectivity index (χ1v) is 8.11. The van der Waals surface area contributed by atoms with E-state index in [1.165, 1.54) is 32.1 Å². The third-order valence-corrected chi connectivity index (χ3v) is 4.92. The van der Waals surface area contributed by atoms with Gasteiger partial charge >= 0.3 is 0 Å². The number of hydrogen-bond donors (Lipinski definition) is 1. The first-order chi connectivity index (χ1) is 10.2. The van der Waals surface area contributed by atoms with E-state index in [9.17, 15) is 0 Å². The summed E-state index contributed by atoms with van der Waals surface area (Å²) in [6.07, 6.45) is 8.09. The van der Waals surface area contributed by atoms with Crippen LogP contribution in [0.4, 0.5) is 0 Å². The summed E-state index contributed by atoms with van der Waals surface area (Å²) in [5.41, 5.74) is 1.11. The molecule has 1 aromatic rings. The van der Waals surface area contributed by atoms with Crippen LogP contribution in [0.1, 0.15) is 37.8 Å². The van der Waals surface area contributed by atoms with Gasteiger partial charge in [0.25, 0.3) is 0 Å². The molecular formula is C16H25ClN2O2. The Morgan fingerprint density at radius 1 is 1.24 bits per heavy atom. The molecule has 1 heterocycles. The first-order valence-electron chi connectivity index (χ1n) is 7.57. The Morgan fingerprint density at radius 2 is 2.00 bits per heavy atom. The van der Waals surface area contributed by atoms with Crippen LogP contribution >= 0.6 is 11.6 Å². The lowest BCUT2D eigenvalue weighted by Crippen LogP contribution is -2.37. The number of nitrogens with one attached hydrogen (secondary N) is 1. The molecule has 0 atom stereocenters. The number of ether oxygens (including phenoxy) is 2. The van der Waals surface area contributed by atoms with Crippen molar-refractivity contribution in [2.75, 3.05) is 26.6 Å². The van der Waals surface area contributed by atoms with Crippen LogP contribution < -0.4 is 14.8 Å². The molecule has 0 saturated heterocycles. The minimum absolute atomic E-state index is 0.242. The molecule has 0 aromatic carbocycles. The molecule has 0 bridgehead atoms. The average molecular weight is 313 g/mol. The van der Waals surface area contributed by atoms with Crippen molar-refractivity contribution in [1.82, 2.24) is 10.3 Å². The lowest BCUT2D eigenvalue weighted by Gasteiger charge is -2.35. The maximum Gasteiger partial charge on any atom is 0.183 e. The molecule has 1 saturated carbocycles. The molecule has 1 fully saturated rings. The van der Waals surface area contributed by atoms with E-state index in [4.69, 9.17) is 21.1 Å². The van der Waals surface area contributed by atoms with Crippen molar-refractivity contribution < 1.29 is 9.47 Å². The van der Waals surface area contributed by atoms with Gasteiger partial charge in [0.05, 0.1) is 19.9 Å². The Bertz CT molecular complexity index is 448. The molecule has 1 aromatic heterocycles. The molecule has 1 aliphatic carbocycles. The highest BCUT2D eigenvalue weighted by molar-refractivity contribution is 6.18. The average Bonchev–Trinajstić information content (AvgIpc) is 2.55. The van der Waals surface area contributed by atoms with Gasteiger partial charge in [-0.3, -0.25) is 4.98 Å². The summed E-state index contributed by atoms with van der Waals surface area (Å²) >= 11 is 6.22. The first kappa shape index (κ1) is 16.4. The van der Waals surface area contributed by atoms with E-state index in [1.54, 1.807) is 20.4 Å². The predicted molar refractivity (Wildman–Crippen MR) is 85.3 cm³/mol. The minimum Gasteiger partial charge on any atom is -0.493 e. The van der Waals surface area contributed by atoms with Crippen molar-refractivity contribution in [3.05, 3.63) is 18.0 Å². The minimum atomic E-state index is 0.242. The van der Waals surface area contributed by atoms with E-state index in [2.05, 4.69) is 10.3 Å². The van der Waals surface area contributed by atoms with Gasteiger partial charge in [-0.25, -0.2) is 0 Å². The van der Waals surface area contributed by atoms with Gasteiger partial charge < -0.3 is 14.8 Å². The van der Waals surface area contributed by atoms with E-state index in [-0.39, 0.29) is 5.41 Å². The van der Waals surface area contributed by atoms with Gasteiger partial charge in [0, 0.05) is 31.2 Å². The van der Waals surface area contributed by atoms with Crippen LogP contribution in [-0.2, 0) is 6.54 Å². The Hall–Kier alpha value is -1.00. The zero-order valence-electron chi connectivity index (χ0n) is 13.0. The standard InChI is InChI=1S/C16H25ClN2O2/c1-20-14-6-9-19-13(15(14)21-2)10-18-12-16(11-17)7-4-3-5-8-16/h6,9,18H,3-5,7-8,10-12H2,1-2H3. The summed E-state index contributed by atoms with van der Waals surface area (Å²) in [4.78, 5) is 4.39. The van der Waals surface area contributed by atoms with Crippen molar-refractivity contribution in [3.63, 3.8) is 0 Å². The monoisotopic (exact) mass is 312 g/mol. The molecule has 0 spiro atoms. The van der Waals surface area contributed by atoms with Gasteiger partial charge in [0.1, 0.15) is 0 Å². The van der Waals surface area contributed by atoms with Crippen molar-refractivity contribution in [2.45, 2.75) is 38.6 Å². The maximum absolute atomic E-state index is 6.22. The zero-order chi connectivity index (χ0) is 15.1. The number of pyridine rings is 1. The molecule has 0 unspecified atom stereocenters. The van der Waals surface area contributed by atoms with Gasteiger partial charge in [-0.15, -0.1) is 11.6 Å². The Morgan fingerprint density at radius 3 is 2.62 bits per heavy atom.